The van der Waals surface area contributed by atoms with Gasteiger partial charge in [-0.3, -0.25) is 10.1 Å². The van der Waals surface area contributed by atoms with E-state index in [4.69, 9.17) is 0 Å². The minimum Gasteiger partial charge on any atom is -0.353 e. The van der Waals surface area contributed by atoms with Crippen LogP contribution in [0.4, 0.5) is 11.6 Å². The van der Waals surface area contributed by atoms with Gasteiger partial charge in [0, 0.05) is 18.2 Å². The standard InChI is InChI=1S/C15H20N4O2/c1-15(2)8-4-3-5-13(15)18-14-16-11-7-6-10(19(20)21)9-12(11)17-14/h6-7,9,13H,3-5,8H2,1-2H3,(H2,16,17,18). The van der Waals surface area contributed by atoms with E-state index in [-0.39, 0.29) is 11.1 Å². The summed E-state index contributed by atoms with van der Waals surface area (Å²) in [5, 5.41) is 14.3. The molecule has 1 heterocycles. The second-order valence-corrected chi connectivity index (χ2v) is 6.48. The van der Waals surface area contributed by atoms with E-state index in [1.165, 1.54) is 31.4 Å². The largest absolute Gasteiger partial charge is 0.353 e. The highest BCUT2D eigenvalue weighted by molar-refractivity contribution is 5.79. The summed E-state index contributed by atoms with van der Waals surface area (Å²) in [4.78, 5) is 18.1. The van der Waals surface area contributed by atoms with Crippen LogP contribution in [0.15, 0.2) is 18.2 Å². The molecular formula is C15H20N4O2. The molecule has 21 heavy (non-hydrogen) atoms. The molecule has 0 aliphatic heterocycles. The number of non-ortho nitro benzene ring substituents is 1. The fourth-order valence-corrected chi connectivity index (χ4v) is 3.11. The van der Waals surface area contributed by atoms with Gasteiger partial charge in [0.05, 0.1) is 16.0 Å². The molecule has 6 heteroatoms. The van der Waals surface area contributed by atoms with Gasteiger partial charge in [-0.05, 0) is 24.3 Å². The number of nitrogens with zero attached hydrogens (tertiary/aromatic N) is 2. The van der Waals surface area contributed by atoms with Crippen molar-refractivity contribution in [2.24, 2.45) is 5.41 Å². The Morgan fingerprint density at radius 1 is 1.43 bits per heavy atom. The summed E-state index contributed by atoms with van der Waals surface area (Å²) in [5.41, 5.74) is 1.76. The van der Waals surface area contributed by atoms with Crippen LogP contribution < -0.4 is 5.32 Å². The van der Waals surface area contributed by atoms with Crippen LogP contribution in [0.5, 0.6) is 0 Å². The van der Waals surface area contributed by atoms with Gasteiger partial charge >= 0.3 is 0 Å². The summed E-state index contributed by atoms with van der Waals surface area (Å²) >= 11 is 0. The molecule has 1 atom stereocenters. The number of hydrogen-bond acceptors (Lipinski definition) is 4. The van der Waals surface area contributed by atoms with Crippen molar-refractivity contribution < 1.29 is 4.92 Å². The molecule has 1 aliphatic rings. The molecule has 1 unspecified atom stereocenters. The van der Waals surface area contributed by atoms with E-state index in [1.807, 2.05) is 0 Å². The van der Waals surface area contributed by atoms with Crippen LogP contribution in [0, 0.1) is 15.5 Å². The van der Waals surface area contributed by atoms with Gasteiger partial charge in [0.1, 0.15) is 0 Å². The molecule has 1 saturated carbocycles. The first-order valence-corrected chi connectivity index (χ1v) is 7.36. The number of nitro groups is 1. The van der Waals surface area contributed by atoms with E-state index in [0.29, 0.717) is 17.5 Å². The van der Waals surface area contributed by atoms with Crippen LogP contribution >= 0.6 is 0 Å². The number of anilines is 1. The Morgan fingerprint density at radius 2 is 2.24 bits per heavy atom. The molecule has 0 spiro atoms. The molecule has 2 N–H and O–H groups in total. The first-order valence-electron chi connectivity index (χ1n) is 7.36. The number of hydrogen-bond donors (Lipinski definition) is 2. The average Bonchev–Trinajstić information content (AvgIpc) is 2.82. The number of aromatic amines is 1. The Bertz CT molecular complexity index is 677. The Balaban J connectivity index is 1.86. The van der Waals surface area contributed by atoms with Gasteiger partial charge in [-0.25, -0.2) is 4.98 Å². The fraction of sp³-hybridized carbons (Fsp3) is 0.533. The van der Waals surface area contributed by atoms with Crippen molar-refractivity contribution in [2.75, 3.05) is 5.32 Å². The van der Waals surface area contributed by atoms with Gasteiger partial charge in [-0.1, -0.05) is 26.7 Å². The SMILES string of the molecule is CC1(C)CCCCC1Nc1nc2ccc([N+](=O)[O-])cc2[nH]1. The number of aromatic nitrogens is 2. The number of fused-ring (bicyclic) bond motifs is 1. The average molecular weight is 288 g/mol. The zero-order valence-electron chi connectivity index (χ0n) is 12.3. The molecule has 1 aromatic carbocycles. The third kappa shape index (κ3) is 2.70. The molecule has 0 radical (unpaired) electrons. The highest BCUT2D eigenvalue weighted by atomic mass is 16.6. The lowest BCUT2D eigenvalue weighted by Crippen LogP contribution is -2.39. The van der Waals surface area contributed by atoms with Crippen LogP contribution in [0.1, 0.15) is 39.5 Å². The second kappa shape index (κ2) is 5.02. The van der Waals surface area contributed by atoms with Gasteiger partial charge in [0.2, 0.25) is 5.95 Å². The highest BCUT2D eigenvalue weighted by Crippen LogP contribution is 2.37. The van der Waals surface area contributed by atoms with Crippen molar-refractivity contribution in [1.29, 1.82) is 0 Å². The lowest BCUT2D eigenvalue weighted by atomic mass is 9.73. The molecule has 0 saturated heterocycles. The topological polar surface area (TPSA) is 83.8 Å². The highest BCUT2D eigenvalue weighted by Gasteiger charge is 2.32. The predicted octanol–water partition coefficient (Wildman–Crippen LogP) is 3.85. The molecule has 6 nitrogen and oxygen atoms in total. The van der Waals surface area contributed by atoms with E-state index in [2.05, 4.69) is 29.1 Å². The summed E-state index contributed by atoms with van der Waals surface area (Å²) in [6.07, 6.45) is 4.84. The molecular weight excluding hydrogens is 268 g/mol. The summed E-state index contributed by atoms with van der Waals surface area (Å²) < 4.78 is 0. The molecule has 1 fully saturated rings. The predicted molar refractivity (Wildman–Crippen MR) is 82.4 cm³/mol. The van der Waals surface area contributed by atoms with Gasteiger partial charge in [0.15, 0.2) is 0 Å². The van der Waals surface area contributed by atoms with Crippen molar-refractivity contribution in [3.63, 3.8) is 0 Å². The number of nitro benzene ring substituents is 1. The Kier molecular flexibility index (Phi) is 3.31. The van der Waals surface area contributed by atoms with Gasteiger partial charge in [-0.15, -0.1) is 0 Å². The first kappa shape index (κ1) is 13.9. The van der Waals surface area contributed by atoms with Gasteiger partial charge < -0.3 is 10.3 Å². The van der Waals surface area contributed by atoms with E-state index in [0.717, 1.165) is 11.9 Å². The number of nitrogens with one attached hydrogen (secondary N) is 2. The van der Waals surface area contributed by atoms with Crippen LogP contribution in [0.3, 0.4) is 0 Å². The number of imidazole rings is 1. The Morgan fingerprint density at radius 3 is 2.95 bits per heavy atom. The number of rotatable bonds is 3. The third-order valence-electron chi connectivity index (χ3n) is 4.49. The smallest absolute Gasteiger partial charge is 0.271 e. The molecule has 3 rings (SSSR count). The van der Waals surface area contributed by atoms with Crippen LogP contribution in [0.25, 0.3) is 11.0 Å². The summed E-state index contributed by atoms with van der Waals surface area (Å²) in [5.74, 6) is 0.700. The lowest BCUT2D eigenvalue weighted by Gasteiger charge is -2.38. The lowest BCUT2D eigenvalue weighted by molar-refractivity contribution is -0.384. The third-order valence-corrected chi connectivity index (χ3v) is 4.49. The first-order chi connectivity index (χ1) is 9.95. The Hall–Kier alpha value is -2.11. The summed E-state index contributed by atoms with van der Waals surface area (Å²) in [6, 6.07) is 5.07. The maximum Gasteiger partial charge on any atom is 0.271 e. The van der Waals surface area contributed by atoms with Crippen LogP contribution in [-0.2, 0) is 0 Å². The molecule has 1 aromatic heterocycles. The van der Waals surface area contributed by atoms with E-state index in [9.17, 15) is 10.1 Å². The van der Waals surface area contributed by atoms with Gasteiger partial charge in [-0.2, -0.15) is 0 Å². The summed E-state index contributed by atoms with van der Waals surface area (Å²) in [7, 11) is 0. The zero-order chi connectivity index (χ0) is 15.0. The fourth-order valence-electron chi connectivity index (χ4n) is 3.11. The van der Waals surface area contributed by atoms with Gasteiger partial charge in [0.25, 0.3) is 5.69 Å². The molecule has 0 amide bonds. The minimum absolute atomic E-state index is 0.0793. The Labute approximate surface area is 123 Å². The maximum absolute atomic E-state index is 10.8. The van der Waals surface area contributed by atoms with Crippen LogP contribution in [-0.4, -0.2) is 20.9 Å². The second-order valence-electron chi connectivity index (χ2n) is 6.48. The number of H-pyrrole nitrogens is 1. The van der Waals surface area contributed by atoms with E-state index in [1.54, 1.807) is 6.07 Å². The maximum atomic E-state index is 10.8. The van der Waals surface area contributed by atoms with Crippen molar-refractivity contribution in [1.82, 2.24) is 9.97 Å². The molecule has 1 aliphatic carbocycles. The van der Waals surface area contributed by atoms with Crippen molar-refractivity contribution in [2.45, 2.75) is 45.6 Å². The molecule has 0 bridgehead atoms. The zero-order valence-corrected chi connectivity index (χ0v) is 12.3. The number of benzene rings is 1. The monoisotopic (exact) mass is 288 g/mol. The molecule has 112 valence electrons. The normalized spacial score (nSPS) is 21.3. The van der Waals surface area contributed by atoms with Crippen LogP contribution in [0.2, 0.25) is 0 Å². The van der Waals surface area contributed by atoms with Crippen molar-refractivity contribution in [3.8, 4) is 0 Å². The molecule has 2 aromatic rings. The van der Waals surface area contributed by atoms with E-state index >= 15 is 0 Å². The van der Waals surface area contributed by atoms with E-state index < -0.39 is 4.92 Å². The quantitative estimate of drug-likeness (QED) is 0.663. The minimum atomic E-state index is -0.391. The summed E-state index contributed by atoms with van der Waals surface area (Å²) in [6.45, 7) is 4.55. The van der Waals surface area contributed by atoms with Crippen molar-refractivity contribution in [3.05, 3.63) is 28.3 Å². The van der Waals surface area contributed by atoms with Crippen molar-refractivity contribution >= 4 is 22.7 Å².